The summed E-state index contributed by atoms with van der Waals surface area (Å²) >= 11 is 0. The molecule has 4 heteroatoms. The van der Waals surface area contributed by atoms with Gasteiger partial charge >= 0.3 is 0 Å². The second kappa shape index (κ2) is 4.14. The number of aliphatic hydroxyl groups is 1. The summed E-state index contributed by atoms with van der Waals surface area (Å²) in [6.45, 7) is -0.354. The number of nitrogens with zero attached hydrogens (tertiary/aromatic N) is 2. The zero-order valence-electron chi connectivity index (χ0n) is 7.89. The molecule has 3 nitrogen and oxygen atoms in total. The lowest BCUT2D eigenvalue weighted by Crippen LogP contribution is -1.94. The molecule has 0 saturated carbocycles. The molecule has 0 unspecified atom stereocenters. The van der Waals surface area contributed by atoms with Gasteiger partial charge in [-0.05, 0) is 12.1 Å². The number of rotatable bonds is 2. The van der Waals surface area contributed by atoms with Crippen LogP contribution in [0.2, 0.25) is 0 Å². The van der Waals surface area contributed by atoms with Gasteiger partial charge in [0.2, 0.25) is 5.95 Å². The summed E-state index contributed by atoms with van der Waals surface area (Å²) in [7, 11) is 0. The summed E-state index contributed by atoms with van der Waals surface area (Å²) in [5, 5.41) is 8.89. The van der Waals surface area contributed by atoms with Gasteiger partial charge in [0.1, 0.15) is 0 Å². The molecule has 2 aromatic rings. The molecular formula is C11H9FN2O. The van der Waals surface area contributed by atoms with Gasteiger partial charge in [-0.1, -0.05) is 6.07 Å². The van der Waals surface area contributed by atoms with Crippen molar-refractivity contribution in [3.63, 3.8) is 0 Å². The van der Waals surface area contributed by atoms with E-state index in [1.54, 1.807) is 24.5 Å². The third kappa shape index (κ3) is 1.99. The number of aliphatic hydroxyl groups excluding tert-OH is 1. The van der Waals surface area contributed by atoms with E-state index in [-0.39, 0.29) is 12.2 Å². The molecule has 2 heterocycles. The van der Waals surface area contributed by atoms with Crippen LogP contribution in [0.25, 0.3) is 11.1 Å². The average Bonchev–Trinajstić information content (AvgIpc) is 2.31. The molecule has 15 heavy (non-hydrogen) atoms. The van der Waals surface area contributed by atoms with Crippen molar-refractivity contribution < 1.29 is 9.50 Å². The van der Waals surface area contributed by atoms with E-state index in [0.29, 0.717) is 0 Å². The summed E-state index contributed by atoms with van der Waals surface area (Å²) in [4.78, 5) is 7.53. The van der Waals surface area contributed by atoms with E-state index in [4.69, 9.17) is 5.11 Å². The van der Waals surface area contributed by atoms with Gasteiger partial charge in [0.05, 0.1) is 6.61 Å². The third-order valence-corrected chi connectivity index (χ3v) is 2.08. The lowest BCUT2D eigenvalue weighted by atomic mass is 10.1. The van der Waals surface area contributed by atoms with E-state index in [1.165, 1.54) is 6.20 Å². The van der Waals surface area contributed by atoms with E-state index < -0.39 is 5.95 Å². The van der Waals surface area contributed by atoms with Crippen LogP contribution in [0.3, 0.4) is 0 Å². The Hall–Kier alpha value is -1.81. The van der Waals surface area contributed by atoms with Gasteiger partial charge in [-0.2, -0.15) is 4.39 Å². The topological polar surface area (TPSA) is 46.0 Å². The molecule has 2 aromatic heterocycles. The molecule has 76 valence electrons. The van der Waals surface area contributed by atoms with E-state index >= 15 is 0 Å². The molecule has 0 radical (unpaired) electrons. The van der Waals surface area contributed by atoms with Crippen molar-refractivity contribution in [3.05, 3.63) is 48.3 Å². The fourth-order valence-electron chi connectivity index (χ4n) is 1.30. The highest BCUT2D eigenvalue weighted by molar-refractivity contribution is 5.61. The van der Waals surface area contributed by atoms with Crippen LogP contribution in [-0.2, 0) is 6.61 Å². The summed E-state index contributed by atoms with van der Waals surface area (Å²) < 4.78 is 13.0. The maximum atomic E-state index is 13.0. The zero-order chi connectivity index (χ0) is 10.7. The smallest absolute Gasteiger partial charge is 0.218 e. The largest absolute Gasteiger partial charge is 0.392 e. The predicted octanol–water partition coefficient (Wildman–Crippen LogP) is 1.77. The van der Waals surface area contributed by atoms with Crippen LogP contribution in [0.4, 0.5) is 4.39 Å². The first kappa shape index (κ1) is 9.73. The fraction of sp³-hybridized carbons (Fsp3) is 0.0909. The van der Waals surface area contributed by atoms with Crippen LogP contribution in [0.15, 0.2) is 36.8 Å². The Morgan fingerprint density at radius 2 is 2.13 bits per heavy atom. The summed E-state index contributed by atoms with van der Waals surface area (Å²) in [6, 6.07) is 5.21. The Morgan fingerprint density at radius 3 is 2.80 bits per heavy atom. The molecule has 1 N–H and O–H groups in total. The van der Waals surface area contributed by atoms with E-state index in [0.717, 1.165) is 11.1 Å². The van der Waals surface area contributed by atoms with Gasteiger partial charge in [0.15, 0.2) is 0 Å². The van der Waals surface area contributed by atoms with Crippen LogP contribution in [-0.4, -0.2) is 15.1 Å². The second-order valence-corrected chi connectivity index (χ2v) is 3.07. The van der Waals surface area contributed by atoms with Crippen LogP contribution >= 0.6 is 0 Å². The Balaban J connectivity index is 2.46. The van der Waals surface area contributed by atoms with Crippen molar-refractivity contribution in [2.45, 2.75) is 6.61 Å². The van der Waals surface area contributed by atoms with Crippen LogP contribution in [0.5, 0.6) is 0 Å². The maximum absolute atomic E-state index is 13.0. The molecule has 2 rings (SSSR count). The van der Waals surface area contributed by atoms with Crippen molar-refractivity contribution >= 4 is 0 Å². The molecule has 0 aliphatic rings. The lowest BCUT2D eigenvalue weighted by molar-refractivity contribution is 0.274. The minimum absolute atomic E-state index is 0.191. The highest BCUT2D eigenvalue weighted by Gasteiger charge is 2.05. The van der Waals surface area contributed by atoms with Crippen molar-refractivity contribution in [2.24, 2.45) is 0 Å². The maximum Gasteiger partial charge on any atom is 0.218 e. The van der Waals surface area contributed by atoms with E-state index in [9.17, 15) is 4.39 Å². The quantitative estimate of drug-likeness (QED) is 0.758. The van der Waals surface area contributed by atoms with Crippen LogP contribution < -0.4 is 0 Å². The predicted molar refractivity (Wildman–Crippen MR) is 53.3 cm³/mol. The molecule has 0 atom stereocenters. The number of hydrogen-bond acceptors (Lipinski definition) is 3. The van der Waals surface area contributed by atoms with Gasteiger partial charge in [0.25, 0.3) is 0 Å². The SMILES string of the molecule is OCc1cc(-c2cccnc2)cnc1F. The van der Waals surface area contributed by atoms with Gasteiger partial charge in [-0.3, -0.25) is 4.98 Å². The summed E-state index contributed by atoms with van der Waals surface area (Å²) in [6.07, 6.45) is 4.75. The third-order valence-electron chi connectivity index (χ3n) is 2.08. The van der Waals surface area contributed by atoms with Crippen molar-refractivity contribution in [1.29, 1.82) is 0 Å². The molecule has 0 amide bonds. The fourth-order valence-corrected chi connectivity index (χ4v) is 1.30. The Morgan fingerprint density at radius 1 is 1.27 bits per heavy atom. The van der Waals surface area contributed by atoms with Gasteiger partial charge in [-0.25, -0.2) is 4.98 Å². The van der Waals surface area contributed by atoms with Gasteiger partial charge < -0.3 is 5.11 Å². The zero-order valence-corrected chi connectivity index (χ0v) is 7.89. The average molecular weight is 204 g/mol. The summed E-state index contributed by atoms with van der Waals surface area (Å²) in [5.41, 5.74) is 1.78. The van der Waals surface area contributed by atoms with E-state index in [1.807, 2.05) is 6.07 Å². The minimum atomic E-state index is -0.634. The van der Waals surface area contributed by atoms with Crippen molar-refractivity contribution in [3.8, 4) is 11.1 Å². The monoisotopic (exact) mass is 204 g/mol. The second-order valence-electron chi connectivity index (χ2n) is 3.07. The first-order valence-electron chi connectivity index (χ1n) is 4.47. The molecule has 0 spiro atoms. The Labute approximate surface area is 86.3 Å². The summed E-state index contributed by atoms with van der Waals surface area (Å²) in [5.74, 6) is -0.634. The van der Waals surface area contributed by atoms with Crippen LogP contribution in [0.1, 0.15) is 5.56 Å². The Bertz CT molecular complexity index is 459. The van der Waals surface area contributed by atoms with Crippen LogP contribution in [0, 0.1) is 5.95 Å². The van der Waals surface area contributed by atoms with Gasteiger partial charge in [-0.15, -0.1) is 0 Å². The number of halogens is 1. The number of pyridine rings is 2. The van der Waals surface area contributed by atoms with E-state index in [2.05, 4.69) is 9.97 Å². The first-order valence-corrected chi connectivity index (χ1v) is 4.47. The highest BCUT2D eigenvalue weighted by Crippen LogP contribution is 2.19. The molecule has 0 aromatic carbocycles. The van der Waals surface area contributed by atoms with Crippen molar-refractivity contribution in [2.75, 3.05) is 0 Å². The molecule has 0 aliphatic carbocycles. The number of aromatic nitrogens is 2. The molecule has 0 saturated heterocycles. The molecule has 0 fully saturated rings. The normalized spacial score (nSPS) is 10.3. The minimum Gasteiger partial charge on any atom is -0.392 e. The Kier molecular flexibility index (Phi) is 2.69. The highest BCUT2D eigenvalue weighted by atomic mass is 19.1. The standard InChI is InChI=1S/C11H9FN2O/c12-11-10(7-15)4-9(6-14-11)8-2-1-3-13-5-8/h1-6,15H,7H2. The van der Waals surface area contributed by atoms with Gasteiger partial charge in [0, 0.05) is 35.3 Å². The van der Waals surface area contributed by atoms with Crippen molar-refractivity contribution in [1.82, 2.24) is 9.97 Å². The molecule has 0 aliphatic heterocycles. The first-order chi connectivity index (χ1) is 7.31. The molecular weight excluding hydrogens is 195 g/mol. The molecule has 0 bridgehead atoms. The lowest BCUT2D eigenvalue weighted by Gasteiger charge is -2.03. The number of hydrogen-bond donors (Lipinski definition) is 1.